The third-order valence-corrected chi connectivity index (χ3v) is 3.58. The predicted molar refractivity (Wildman–Crippen MR) is 62.1 cm³/mol. The monoisotopic (exact) mass is 226 g/mol. The average molecular weight is 226 g/mol. The van der Waals surface area contributed by atoms with E-state index in [1.807, 2.05) is 11.7 Å². The molecule has 0 bridgehead atoms. The van der Waals surface area contributed by atoms with Crippen molar-refractivity contribution in [2.45, 2.75) is 25.8 Å². The number of nitrogens with one attached hydrogen (secondary N) is 1. The normalized spacial score (nSPS) is 17.9. The minimum Gasteiger partial charge on any atom is -0.380 e. The second kappa shape index (κ2) is 5.58. The Bertz CT molecular complexity index is 272. The SMILES string of the molecule is CC(NCCOCC1CC1)c1cncs1. The molecule has 0 saturated heterocycles. The second-order valence-corrected chi connectivity index (χ2v) is 5.02. The maximum Gasteiger partial charge on any atom is 0.0794 e. The topological polar surface area (TPSA) is 34.1 Å². The summed E-state index contributed by atoms with van der Waals surface area (Å²) in [4.78, 5) is 5.36. The van der Waals surface area contributed by atoms with E-state index in [9.17, 15) is 0 Å². The van der Waals surface area contributed by atoms with E-state index >= 15 is 0 Å². The molecule has 0 amide bonds. The number of hydrogen-bond donors (Lipinski definition) is 1. The van der Waals surface area contributed by atoms with Crippen LogP contribution in [0.15, 0.2) is 11.7 Å². The van der Waals surface area contributed by atoms with Crippen LogP contribution in [0.1, 0.15) is 30.7 Å². The first-order valence-electron chi connectivity index (χ1n) is 5.56. The number of nitrogens with zero attached hydrogens (tertiary/aromatic N) is 1. The van der Waals surface area contributed by atoms with E-state index < -0.39 is 0 Å². The summed E-state index contributed by atoms with van der Waals surface area (Å²) in [6.45, 7) is 4.86. The lowest BCUT2D eigenvalue weighted by Crippen LogP contribution is -2.23. The fraction of sp³-hybridized carbons (Fsp3) is 0.727. The van der Waals surface area contributed by atoms with Crippen molar-refractivity contribution in [3.8, 4) is 0 Å². The first-order chi connectivity index (χ1) is 7.36. The zero-order valence-electron chi connectivity index (χ0n) is 9.11. The van der Waals surface area contributed by atoms with Gasteiger partial charge in [0.15, 0.2) is 0 Å². The molecule has 3 nitrogen and oxygen atoms in total. The quantitative estimate of drug-likeness (QED) is 0.724. The van der Waals surface area contributed by atoms with Gasteiger partial charge in [0.25, 0.3) is 0 Å². The van der Waals surface area contributed by atoms with Crippen molar-refractivity contribution in [1.82, 2.24) is 10.3 Å². The molecule has 4 heteroatoms. The van der Waals surface area contributed by atoms with Gasteiger partial charge in [0.2, 0.25) is 0 Å². The lowest BCUT2D eigenvalue weighted by atomic mass is 10.3. The van der Waals surface area contributed by atoms with Gasteiger partial charge in [-0.15, -0.1) is 11.3 Å². The predicted octanol–water partition coefficient (Wildman–Crippen LogP) is 2.22. The van der Waals surface area contributed by atoms with Crippen LogP contribution in [0.3, 0.4) is 0 Å². The Morgan fingerprint density at radius 1 is 1.67 bits per heavy atom. The van der Waals surface area contributed by atoms with Crippen LogP contribution in [0.25, 0.3) is 0 Å². The molecule has 1 heterocycles. The minimum absolute atomic E-state index is 0.391. The first kappa shape index (κ1) is 11.0. The Morgan fingerprint density at radius 2 is 2.53 bits per heavy atom. The van der Waals surface area contributed by atoms with Gasteiger partial charge in [0.05, 0.1) is 12.1 Å². The molecule has 0 radical (unpaired) electrons. The van der Waals surface area contributed by atoms with Crippen LogP contribution in [0.2, 0.25) is 0 Å². The van der Waals surface area contributed by atoms with Crippen molar-refractivity contribution in [2.75, 3.05) is 19.8 Å². The van der Waals surface area contributed by atoms with E-state index in [2.05, 4.69) is 17.2 Å². The molecule has 1 atom stereocenters. The third-order valence-electron chi connectivity index (χ3n) is 2.63. The zero-order valence-corrected chi connectivity index (χ0v) is 9.93. The summed E-state index contributed by atoms with van der Waals surface area (Å²) < 4.78 is 5.55. The number of rotatable bonds is 7. The van der Waals surface area contributed by atoms with E-state index in [1.54, 1.807) is 11.3 Å². The van der Waals surface area contributed by atoms with Gasteiger partial charge in [-0.2, -0.15) is 0 Å². The van der Waals surface area contributed by atoms with Crippen LogP contribution < -0.4 is 5.32 Å². The lowest BCUT2D eigenvalue weighted by molar-refractivity contribution is 0.124. The van der Waals surface area contributed by atoms with Crippen LogP contribution >= 0.6 is 11.3 Å². The van der Waals surface area contributed by atoms with Gasteiger partial charge in [0, 0.05) is 30.3 Å². The molecule has 0 spiro atoms. The Kier molecular flexibility index (Phi) is 4.11. The van der Waals surface area contributed by atoms with Crippen LogP contribution in [-0.4, -0.2) is 24.7 Å². The summed E-state index contributed by atoms with van der Waals surface area (Å²) in [6.07, 6.45) is 4.66. The summed E-state index contributed by atoms with van der Waals surface area (Å²) in [7, 11) is 0. The van der Waals surface area contributed by atoms with E-state index in [0.717, 1.165) is 25.7 Å². The van der Waals surface area contributed by atoms with Gasteiger partial charge in [-0.05, 0) is 25.7 Å². The molecule has 1 aromatic rings. The van der Waals surface area contributed by atoms with E-state index in [0.29, 0.717) is 6.04 Å². The fourth-order valence-corrected chi connectivity index (χ4v) is 2.07. The van der Waals surface area contributed by atoms with Crippen LogP contribution in [0.4, 0.5) is 0 Å². The van der Waals surface area contributed by atoms with Crippen molar-refractivity contribution >= 4 is 11.3 Å². The highest BCUT2D eigenvalue weighted by atomic mass is 32.1. The molecule has 1 saturated carbocycles. The molecule has 2 rings (SSSR count). The fourth-order valence-electron chi connectivity index (χ4n) is 1.42. The Labute approximate surface area is 94.9 Å². The summed E-state index contributed by atoms with van der Waals surface area (Å²) in [5.41, 5.74) is 1.87. The molecule has 0 aromatic carbocycles. The molecular formula is C11H18N2OS. The lowest BCUT2D eigenvalue weighted by Gasteiger charge is -2.11. The van der Waals surface area contributed by atoms with E-state index in [1.165, 1.54) is 17.7 Å². The molecule has 1 aromatic heterocycles. The maximum absolute atomic E-state index is 5.55. The number of aromatic nitrogens is 1. The van der Waals surface area contributed by atoms with E-state index in [-0.39, 0.29) is 0 Å². The van der Waals surface area contributed by atoms with Gasteiger partial charge in [0.1, 0.15) is 0 Å². The highest BCUT2D eigenvalue weighted by Gasteiger charge is 2.20. The Balaban J connectivity index is 1.53. The van der Waals surface area contributed by atoms with Crippen molar-refractivity contribution in [2.24, 2.45) is 5.92 Å². The first-order valence-corrected chi connectivity index (χ1v) is 6.43. The Hall–Kier alpha value is -0.450. The van der Waals surface area contributed by atoms with Crippen LogP contribution in [0.5, 0.6) is 0 Å². The van der Waals surface area contributed by atoms with Gasteiger partial charge in [-0.3, -0.25) is 4.98 Å². The van der Waals surface area contributed by atoms with Crippen molar-refractivity contribution in [3.05, 3.63) is 16.6 Å². The number of hydrogen-bond acceptors (Lipinski definition) is 4. The number of thiazole rings is 1. The highest BCUT2D eigenvalue weighted by Crippen LogP contribution is 2.28. The maximum atomic E-state index is 5.55. The molecule has 1 aliphatic rings. The summed E-state index contributed by atoms with van der Waals surface area (Å²) >= 11 is 1.70. The van der Waals surface area contributed by atoms with Crippen molar-refractivity contribution in [3.63, 3.8) is 0 Å². The molecule has 15 heavy (non-hydrogen) atoms. The summed E-state index contributed by atoms with van der Waals surface area (Å²) in [5.74, 6) is 0.865. The summed E-state index contributed by atoms with van der Waals surface area (Å²) in [6, 6.07) is 0.391. The van der Waals surface area contributed by atoms with Crippen LogP contribution in [-0.2, 0) is 4.74 Å². The van der Waals surface area contributed by atoms with Crippen LogP contribution in [0, 0.1) is 5.92 Å². The largest absolute Gasteiger partial charge is 0.380 e. The van der Waals surface area contributed by atoms with Gasteiger partial charge >= 0.3 is 0 Å². The summed E-state index contributed by atoms with van der Waals surface area (Å²) in [5, 5.41) is 3.42. The second-order valence-electron chi connectivity index (χ2n) is 4.10. The molecular weight excluding hydrogens is 208 g/mol. The highest BCUT2D eigenvalue weighted by molar-refractivity contribution is 7.09. The zero-order chi connectivity index (χ0) is 10.5. The smallest absolute Gasteiger partial charge is 0.0794 e. The third kappa shape index (κ3) is 3.89. The average Bonchev–Trinajstić information content (AvgIpc) is 2.90. The van der Waals surface area contributed by atoms with Crippen molar-refractivity contribution in [1.29, 1.82) is 0 Å². The Morgan fingerprint density at radius 3 is 3.20 bits per heavy atom. The van der Waals surface area contributed by atoms with Gasteiger partial charge in [-0.25, -0.2) is 0 Å². The molecule has 1 fully saturated rings. The minimum atomic E-state index is 0.391. The molecule has 1 N–H and O–H groups in total. The molecule has 0 aliphatic heterocycles. The molecule has 84 valence electrons. The van der Waals surface area contributed by atoms with Crippen molar-refractivity contribution < 1.29 is 4.74 Å². The van der Waals surface area contributed by atoms with Gasteiger partial charge in [-0.1, -0.05) is 0 Å². The van der Waals surface area contributed by atoms with Gasteiger partial charge < -0.3 is 10.1 Å². The standard InChI is InChI=1S/C11H18N2OS/c1-9(11-6-12-8-15-11)13-4-5-14-7-10-2-3-10/h6,8-10,13H,2-5,7H2,1H3. The number of ether oxygens (including phenoxy) is 1. The van der Waals surface area contributed by atoms with E-state index in [4.69, 9.17) is 4.74 Å². The molecule has 1 aliphatic carbocycles. The molecule has 1 unspecified atom stereocenters.